The zero-order valence-electron chi connectivity index (χ0n) is 10.2. The number of aliphatic carboxylic acids is 1. The van der Waals surface area contributed by atoms with Crippen LogP contribution in [-0.2, 0) is 11.2 Å². The number of benzene rings is 1. The molecule has 0 bridgehead atoms. The van der Waals surface area contributed by atoms with E-state index in [1.54, 1.807) is 0 Å². The Morgan fingerprint density at radius 2 is 2.00 bits per heavy atom. The molecule has 0 aliphatic carbocycles. The van der Waals surface area contributed by atoms with Crippen molar-refractivity contribution >= 4 is 5.97 Å². The fraction of sp³-hybridized carbons (Fsp3) is 0.500. The predicted molar refractivity (Wildman–Crippen MR) is 67.0 cm³/mol. The Morgan fingerprint density at radius 3 is 2.59 bits per heavy atom. The topological polar surface area (TPSA) is 40.5 Å². The van der Waals surface area contributed by atoms with Crippen molar-refractivity contribution in [2.45, 2.75) is 32.2 Å². The quantitative estimate of drug-likeness (QED) is 0.868. The number of carboxylic acids is 1. The molecule has 1 aliphatic heterocycles. The van der Waals surface area contributed by atoms with Crippen LogP contribution in [0.4, 0.5) is 0 Å². The van der Waals surface area contributed by atoms with Gasteiger partial charge in [-0.05, 0) is 43.5 Å². The van der Waals surface area contributed by atoms with Crippen LogP contribution in [0.1, 0.15) is 36.9 Å². The van der Waals surface area contributed by atoms with Gasteiger partial charge < -0.3 is 5.11 Å². The van der Waals surface area contributed by atoms with Gasteiger partial charge in [0.05, 0.1) is 0 Å². The van der Waals surface area contributed by atoms with Gasteiger partial charge in [0.25, 0.3) is 0 Å². The highest BCUT2D eigenvalue weighted by atomic mass is 16.4. The van der Waals surface area contributed by atoms with E-state index in [9.17, 15) is 9.90 Å². The molecule has 3 heteroatoms. The van der Waals surface area contributed by atoms with Crippen LogP contribution in [0.15, 0.2) is 24.3 Å². The van der Waals surface area contributed by atoms with Crippen LogP contribution in [-0.4, -0.2) is 29.1 Å². The lowest BCUT2D eigenvalue weighted by Gasteiger charge is -2.25. The van der Waals surface area contributed by atoms with Gasteiger partial charge in [0.2, 0.25) is 0 Å². The van der Waals surface area contributed by atoms with Gasteiger partial charge in [-0.1, -0.05) is 31.2 Å². The van der Waals surface area contributed by atoms with Crippen molar-refractivity contribution in [2.24, 2.45) is 0 Å². The molecule has 0 spiro atoms. The van der Waals surface area contributed by atoms with Crippen LogP contribution in [0.5, 0.6) is 0 Å². The molecule has 0 radical (unpaired) electrons. The predicted octanol–water partition coefficient (Wildman–Crippen LogP) is 2.47. The van der Waals surface area contributed by atoms with Gasteiger partial charge in [0.15, 0.2) is 0 Å². The van der Waals surface area contributed by atoms with Crippen LogP contribution in [0, 0.1) is 0 Å². The molecule has 1 N–H and O–H groups in total. The number of hydrogen-bond acceptors (Lipinski definition) is 2. The highest BCUT2D eigenvalue weighted by Crippen LogP contribution is 2.28. The molecule has 0 aromatic heterocycles. The molecule has 2 rings (SSSR count). The first-order valence-electron chi connectivity index (χ1n) is 6.28. The van der Waals surface area contributed by atoms with Crippen LogP contribution >= 0.6 is 0 Å². The summed E-state index contributed by atoms with van der Waals surface area (Å²) in [6, 6.07) is 7.43. The Morgan fingerprint density at radius 1 is 1.35 bits per heavy atom. The fourth-order valence-corrected chi connectivity index (χ4v) is 2.61. The standard InChI is InChI=1S/C14H19NO2/c1-2-11-7-3-4-8-12(11)13(14(16)17)15-9-5-6-10-15/h3-4,7-8,13H,2,5-6,9-10H2,1H3,(H,16,17). The summed E-state index contributed by atoms with van der Waals surface area (Å²) in [7, 11) is 0. The van der Waals surface area contributed by atoms with Crippen molar-refractivity contribution in [3.8, 4) is 0 Å². The van der Waals surface area contributed by atoms with E-state index in [-0.39, 0.29) is 0 Å². The molecule has 1 aromatic carbocycles. The van der Waals surface area contributed by atoms with Crippen molar-refractivity contribution in [3.63, 3.8) is 0 Å². The van der Waals surface area contributed by atoms with Gasteiger partial charge >= 0.3 is 5.97 Å². The molecule has 1 atom stereocenters. The van der Waals surface area contributed by atoms with Crippen molar-refractivity contribution in [3.05, 3.63) is 35.4 Å². The highest BCUT2D eigenvalue weighted by molar-refractivity contribution is 5.76. The van der Waals surface area contributed by atoms with E-state index in [0.29, 0.717) is 0 Å². The fourth-order valence-electron chi connectivity index (χ4n) is 2.61. The van der Waals surface area contributed by atoms with E-state index in [1.165, 1.54) is 0 Å². The minimum absolute atomic E-state index is 0.464. The number of rotatable bonds is 4. The maximum Gasteiger partial charge on any atom is 0.325 e. The smallest absolute Gasteiger partial charge is 0.325 e. The minimum Gasteiger partial charge on any atom is -0.480 e. The largest absolute Gasteiger partial charge is 0.480 e. The maximum absolute atomic E-state index is 11.5. The third-order valence-electron chi connectivity index (χ3n) is 3.47. The van der Waals surface area contributed by atoms with E-state index in [4.69, 9.17) is 0 Å². The Balaban J connectivity index is 2.34. The second kappa shape index (κ2) is 5.32. The first kappa shape index (κ1) is 12.1. The summed E-state index contributed by atoms with van der Waals surface area (Å²) in [5.74, 6) is -0.729. The normalized spacial score (nSPS) is 18.2. The molecule has 1 fully saturated rings. The summed E-state index contributed by atoms with van der Waals surface area (Å²) in [4.78, 5) is 13.6. The second-order valence-corrected chi connectivity index (χ2v) is 4.54. The molecule has 1 heterocycles. The van der Waals surface area contributed by atoms with Crippen molar-refractivity contribution in [1.82, 2.24) is 4.90 Å². The van der Waals surface area contributed by atoms with Crippen molar-refractivity contribution < 1.29 is 9.90 Å². The monoisotopic (exact) mass is 233 g/mol. The maximum atomic E-state index is 11.5. The lowest BCUT2D eigenvalue weighted by Crippen LogP contribution is -2.32. The van der Waals surface area contributed by atoms with E-state index in [1.807, 2.05) is 24.3 Å². The first-order chi connectivity index (χ1) is 8.24. The summed E-state index contributed by atoms with van der Waals surface area (Å²) in [6.45, 7) is 3.87. The lowest BCUT2D eigenvalue weighted by atomic mass is 9.97. The van der Waals surface area contributed by atoms with E-state index >= 15 is 0 Å². The number of carboxylic acid groups (broad SMARTS) is 1. The molecule has 1 saturated heterocycles. The molecule has 0 saturated carbocycles. The number of hydrogen-bond donors (Lipinski definition) is 1. The van der Waals surface area contributed by atoms with Crippen LogP contribution in [0.25, 0.3) is 0 Å². The third-order valence-corrected chi connectivity index (χ3v) is 3.47. The zero-order valence-corrected chi connectivity index (χ0v) is 10.2. The molecule has 92 valence electrons. The van der Waals surface area contributed by atoms with Crippen molar-refractivity contribution in [2.75, 3.05) is 13.1 Å². The van der Waals surface area contributed by atoms with Gasteiger partial charge in [-0.25, -0.2) is 0 Å². The third kappa shape index (κ3) is 2.50. The first-order valence-corrected chi connectivity index (χ1v) is 6.28. The van der Waals surface area contributed by atoms with Gasteiger partial charge in [-0.2, -0.15) is 0 Å². The highest BCUT2D eigenvalue weighted by Gasteiger charge is 2.30. The Bertz CT molecular complexity index is 397. The molecule has 1 aromatic rings. The summed E-state index contributed by atoms with van der Waals surface area (Å²) >= 11 is 0. The van der Waals surface area contributed by atoms with E-state index in [0.717, 1.165) is 43.5 Å². The van der Waals surface area contributed by atoms with Crippen LogP contribution in [0.2, 0.25) is 0 Å². The summed E-state index contributed by atoms with van der Waals surface area (Å²) in [5.41, 5.74) is 2.11. The van der Waals surface area contributed by atoms with E-state index in [2.05, 4.69) is 11.8 Å². The Hall–Kier alpha value is -1.35. The molecular weight excluding hydrogens is 214 g/mol. The molecule has 0 amide bonds. The zero-order chi connectivity index (χ0) is 12.3. The second-order valence-electron chi connectivity index (χ2n) is 4.54. The number of likely N-dealkylation sites (tertiary alicyclic amines) is 1. The van der Waals surface area contributed by atoms with Gasteiger partial charge in [0.1, 0.15) is 6.04 Å². The average molecular weight is 233 g/mol. The van der Waals surface area contributed by atoms with Gasteiger partial charge in [-0.3, -0.25) is 9.69 Å². The average Bonchev–Trinajstić information content (AvgIpc) is 2.83. The number of nitrogens with zero attached hydrogens (tertiary/aromatic N) is 1. The molecule has 3 nitrogen and oxygen atoms in total. The molecule has 17 heavy (non-hydrogen) atoms. The van der Waals surface area contributed by atoms with Crippen LogP contribution in [0.3, 0.4) is 0 Å². The van der Waals surface area contributed by atoms with Gasteiger partial charge in [-0.15, -0.1) is 0 Å². The van der Waals surface area contributed by atoms with Gasteiger partial charge in [0, 0.05) is 0 Å². The Labute approximate surface area is 102 Å². The number of carbonyl (C=O) groups is 1. The van der Waals surface area contributed by atoms with Crippen LogP contribution < -0.4 is 0 Å². The van der Waals surface area contributed by atoms with Crippen molar-refractivity contribution in [1.29, 1.82) is 0 Å². The minimum atomic E-state index is -0.729. The summed E-state index contributed by atoms with van der Waals surface area (Å²) in [6.07, 6.45) is 3.10. The van der Waals surface area contributed by atoms with E-state index < -0.39 is 12.0 Å². The summed E-state index contributed by atoms with van der Waals surface area (Å²) < 4.78 is 0. The summed E-state index contributed by atoms with van der Waals surface area (Å²) in [5, 5.41) is 9.47. The lowest BCUT2D eigenvalue weighted by molar-refractivity contribution is -0.143. The SMILES string of the molecule is CCc1ccccc1C(C(=O)O)N1CCCC1. The molecular formula is C14H19NO2. The molecule has 1 unspecified atom stereocenters. The molecule has 1 aliphatic rings. The Kier molecular flexibility index (Phi) is 3.79. The number of aryl methyl sites for hydroxylation is 1.